The largest absolute Gasteiger partial charge is 0.338 e. The molecule has 1 saturated heterocycles. The number of hydrogen-bond donors (Lipinski definition) is 1. The van der Waals surface area contributed by atoms with Crippen molar-refractivity contribution in [3.63, 3.8) is 0 Å². The minimum absolute atomic E-state index is 0. The van der Waals surface area contributed by atoms with Gasteiger partial charge in [-0.1, -0.05) is 30.3 Å². The van der Waals surface area contributed by atoms with Crippen LogP contribution in [0.15, 0.2) is 30.3 Å². The van der Waals surface area contributed by atoms with Gasteiger partial charge in [-0.2, -0.15) is 0 Å². The quantitative estimate of drug-likeness (QED) is 0.880. The van der Waals surface area contributed by atoms with E-state index in [4.69, 9.17) is 0 Å². The number of amides is 2. The van der Waals surface area contributed by atoms with Crippen LogP contribution in [-0.4, -0.2) is 60.4 Å². The normalized spacial score (nSPS) is 17.3. The average Bonchev–Trinajstić information content (AvgIpc) is 2.52. The van der Waals surface area contributed by atoms with E-state index in [0.29, 0.717) is 25.7 Å². The summed E-state index contributed by atoms with van der Waals surface area (Å²) in [5, 5.41) is 3.32. The van der Waals surface area contributed by atoms with Crippen LogP contribution in [-0.2, 0) is 16.0 Å². The van der Waals surface area contributed by atoms with Gasteiger partial charge in [0.1, 0.15) is 0 Å². The molecule has 0 aliphatic carbocycles. The van der Waals surface area contributed by atoms with Crippen LogP contribution >= 0.6 is 12.4 Å². The topological polar surface area (TPSA) is 52.7 Å². The number of hydrogen-bond acceptors (Lipinski definition) is 3. The van der Waals surface area contributed by atoms with Gasteiger partial charge in [0.15, 0.2) is 0 Å². The Morgan fingerprint density at radius 1 is 1.30 bits per heavy atom. The van der Waals surface area contributed by atoms with E-state index in [1.54, 1.807) is 4.90 Å². The van der Waals surface area contributed by atoms with E-state index in [2.05, 4.69) is 12.2 Å². The Bertz CT molecular complexity index is 510. The maximum atomic E-state index is 12.4. The van der Waals surface area contributed by atoms with Crippen molar-refractivity contribution in [2.75, 3.05) is 32.7 Å². The van der Waals surface area contributed by atoms with Gasteiger partial charge in [-0.3, -0.25) is 9.59 Å². The maximum Gasteiger partial charge on any atom is 0.242 e. The maximum absolute atomic E-state index is 12.4. The second-order valence-corrected chi connectivity index (χ2v) is 5.87. The summed E-state index contributed by atoms with van der Waals surface area (Å²) in [5.74, 6) is -0.0101. The van der Waals surface area contributed by atoms with Gasteiger partial charge in [-0.15, -0.1) is 12.4 Å². The molecule has 23 heavy (non-hydrogen) atoms. The van der Waals surface area contributed by atoms with E-state index in [9.17, 15) is 9.59 Å². The smallest absolute Gasteiger partial charge is 0.242 e. The van der Waals surface area contributed by atoms with Gasteiger partial charge in [0, 0.05) is 39.1 Å². The standard InChI is InChI=1S/C17H25N3O2.ClH/c1-14-12-20(11-9-18-14)17(22)13-19(15(2)21)10-8-16-6-4-3-5-7-16;/h3-7,14,18H,8-13H2,1-2H3;1H/t14-;/m1./s1. The highest BCUT2D eigenvalue weighted by molar-refractivity contribution is 5.85. The molecule has 1 N–H and O–H groups in total. The lowest BCUT2D eigenvalue weighted by Crippen LogP contribution is -2.53. The van der Waals surface area contributed by atoms with Gasteiger partial charge in [0.05, 0.1) is 6.54 Å². The van der Waals surface area contributed by atoms with Gasteiger partial charge >= 0.3 is 0 Å². The van der Waals surface area contributed by atoms with Crippen LogP contribution < -0.4 is 5.32 Å². The van der Waals surface area contributed by atoms with Gasteiger partial charge in [-0.25, -0.2) is 0 Å². The number of nitrogens with zero attached hydrogens (tertiary/aromatic N) is 2. The van der Waals surface area contributed by atoms with Crippen LogP contribution in [0.4, 0.5) is 0 Å². The van der Waals surface area contributed by atoms with Crippen molar-refractivity contribution in [3.05, 3.63) is 35.9 Å². The Morgan fingerprint density at radius 2 is 2.00 bits per heavy atom. The van der Waals surface area contributed by atoms with Crippen molar-refractivity contribution >= 4 is 24.2 Å². The minimum atomic E-state index is -0.0486. The third-order valence-corrected chi connectivity index (χ3v) is 4.01. The number of nitrogens with one attached hydrogen (secondary N) is 1. The first-order valence-corrected chi connectivity index (χ1v) is 7.87. The first-order valence-electron chi connectivity index (χ1n) is 7.87. The van der Waals surface area contributed by atoms with E-state index in [1.165, 1.54) is 12.5 Å². The first-order chi connectivity index (χ1) is 10.6. The summed E-state index contributed by atoms with van der Waals surface area (Å²) < 4.78 is 0. The first kappa shape index (κ1) is 19.5. The highest BCUT2D eigenvalue weighted by Crippen LogP contribution is 2.04. The molecular weight excluding hydrogens is 314 g/mol. The van der Waals surface area contributed by atoms with E-state index in [0.717, 1.165) is 13.0 Å². The van der Waals surface area contributed by atoms with E-state index in [1.807, 2.05) is 35.2 Å². The molecule has 1 heterocycles. The van der Waals surface area contributed by atoms with Crippen LogP contribution in [0.1, 0.15) is 19.4 Å². The molecule has 0 unspecified atom stereocenters. The number of piperazine rings is 1. The van der Waals surface area contributed by atoms with Crippen molar-refractivity contribution in [1.29, 1.82) is 0 Å². The fourth-order valence-electron chi connectivity index (χ4n) is 2.68. The van der Waals surface area contributed by atoms with Gasteiger partial charge < -0.3 is 15.1 Å². The Balaban J connectivity index is 0.00000264. The van der Waals surface area contributed by atoms with Crippen LogP contribution in [0.2, 0.25) is 0 Å². The lowest BCUT2D eigenvalue weighted by molar-refractivity contribution is -0.140. The van der Waals surface area contributed by atoms with E-state index in [-0.39, 0.29) is 30.8 Å². The molecule has 0 aromatic heterocycles. The molecule has 0 saturated carbocycles. The summed E-state index contributed by atoms with van der Waals surface area (Å²) in [5.41, 5.74) is 1.18. The summed E-state index contributed by atoms with van der Waals surface area (Å²) in [6.45, 7) is 6.59. The van der Waals surface area contributed by atoms with Crippen molar-refractivity contribution in [3.8, 4) is 0 Å². The molecule has 0 bridgehead atoms. The molecule has 128 valence electrons. The fourth-order valence-corrected chi connectivity index (χ4v) is 2.68. The van der Waals surface area contributed by atoms with Crippen molar-refractivity contribution in [2.24, 2.45) is 0 Å². The zero-order valence-corrected chi connectivity index (χ0v) is 14.6. The number of carbonyl (C=O) groups excluding carboxylic acids is 2. The summed E-state index contributed by atoms with van der Waals surface area (Å²) in [6.07, 6.45) is 0.770. The predicted octanol–water partition coefficient (Wildman–Crippen LogP) is 1.32. The van der Waals surface area contributed by atoms with E-state index >= 15 is 0 Å². The molecule has 2 amide bonds. The molecule has 1 atom stereocenters. The third-order valence-electron chi connectivity index (χ3n) is 4.01. The highest BCUT2D eigenvalue weighted by atomic mass is 35.5. The Kier molecular flexibility index (Phi) is 8.06. The zero-order chi connectivity index (χ0) is 15.9. The minimum Gasteiger partial charge on any atom is -0.338 e. The van der Waals surface area contributed by atoms with Crippen LogP contribution in [0.5, 0.6) is 0 Å². The van der Waals surface area contributed by atoms with Gasteiger partial charge in [-0.05, 0) is 18.9 Å². The fraction of sp³-hybridized carbons (Fsp3) is 0.529. The SMILES string of the molecule is CC(=O)N(CCc1ccccc1)CC(=O)N1CCN[C@H](C)C1.Cl. The predicted molar refractivity (Wildman–Crippen MR) is 93.7 cm³/mol. The van der Waals surface area contributed by atoms with Crippen LogP contribution in [0, 0.1) is 0 Å². The summed E-state index contributed by atoms with van der Waals surface area (Å²) in [7, 11) is 0. The van der Waals surface area contributed by atoms with Gasteiger partial charge in [0.25, 0.3) is 0 Å². The molecule has 2 rings (SSSR count). The Hall–Kier alpha value is -1.59. The van der Waals surface area contributed by atoms with Crippen LogP contribution in [0.3, 0.4) is 0 Å². The molecular formula is C17H26ClN3O2. The molecule has 1 aromatic carbocycles. The van der Waals surface area contributed by atoms with Crippen molar-refractivity contribution < 1.29 is 9.59 Å². The summed E-state index contributed by atoms with van der Waals surface area (Å²) in [6, 6.07) is 10.3. The second kappa shape index (κ2) is 9.53. The molecule has 0 spiro atoms. The Labute approximate surface area is 144 Å². The molecule has 1 aliphatic rings. The molecule has 6 heteroatoms. The molecule has 1 fully saturated rings. The molecule has 1 aliphatic heterocycles. The number of benzene rings is 1. The molecule has 5 nitrogen and oxygen atoms in total. The summed E-state index contributed by atoms with van der Waals surface area (Å²) >= 11 is 0. The van der Waals surface area contributed by atoms with E-state index < -0.39 is 0 Å². The summed E-state index contributed by atoms with van der Waals surface area (Å²) in [4.78, 5) is 27.7. The Morgan fingerprint density at radius 3 is 2.61 bits per heavy atom. The van der Waals surface area contributed by atoms with Gasteiger partial charge in [0.2, 0.25) is 11.8 Å². The number of halogens is 1. The number of rotatable bonds is 5. The average molecular weight is 340 g/mol. The lowest BCUT2D eigenvalue weighted by atomic mass is 10.1. The monoisotopic (exact) mass is 339 g/mol. The van der Waals surface area contributed by atoms with Crippen molar-refractivity contribution in [1.82, 2.24) is 15.1 Å². The molecule has 1 aromatic rings. The number of carbonyl (C=O) groups is 2. The van der Waals surface area contributed by atoms with Crippen LogP contribution in [0.25, 0.3) is 0 Å². The van der Waals surface area contributed by atoms with Crippen molar-refractivity contribution in [2.45, 2.75) is 26.3 Å². The molecule has 0 radical (unpaired) electrons. The zero-order valence-electron chi connectivity index (χ0n) is 13.8. The highest BCUT2D eigenvalue weighted by Gasteiger charge is 2.23. The lowest BCUT2D eigenvalue weighted by Gasteiger charge is -2.33. The second-order valence-electron chi connectivity index (χ2n) is 5.87. The third kappa shape index (κ3) is 6.20.